The Hall–Kier alpha value is -4.39. The first-order valence-corrected chi connectivity index (χ1v) is 10.5. The number of hydrogen-bond acceptors (Lipinski definition) is 5. The molecule has 0 bridgehead atoms. The normalized spacial score (nSPS) is 11.2. The Morgan fingerprint density at radius 2 is 1.67 bits per heavy atom. The van der Waals surface area contributed by atoms with Crippen LogP contribution in [0.3, 0.4) is 0 Å². The number of amides is 2. The van der Waals surface area contributed by atoms with Crippen LogP contribution in [0.15, 0.2) is 89.7 Å². The van der Waals surface area contributed by atoms with Gasteiger partial charge in [0.05, 0.1) is 12.8 Å². The molecule has 0 saturated carbocycles. The van der Waals surface area contributed by atoms with Crippen LogP contribution in [0.5, 0.6) is 11.5 Å². The maximum atomic E-state index is 12.8. The number of nitrogens with one attached hydrogen (secondary N) is 2. The molecule has 0 heterocycles. The molecule has 0 spiro atoms. The number of aromatic hydroxyl groups is 1. The fourth-order valence-electron chi connectivity index (χ4n) is 2.81. The average Bonchev–Trinajstić information content (AvgIpc) is 2.84. The fourth-order valence-corrected chi connectivity index (χ4v) is 2.81. The van der Waals surface area contributed by atoms with Crippen LogP contribution in [0, 0.1) is 0 Å². The lowest BCUT2D eigenvalue weighted by atomic mass is 10.1. The SMILES string of the molecule is CCCOc1ccc(C=C(NC(=O)c2ccccc2)C(=O)NN=Cc2ccccc2O)cc1. The van der Waals surface area contributed by atoms with Gasteiger partial charge in [-0.05, 0) is 54.5 Å². The first kappa shape index (κ1) is 23.3. The second-order valence-electron chi connectivity index (χ2n) is 7.05. The van der Waals surface area contributed by atoms with Gasteiger partial charge < -0.3 is 15.2 Å². The van der Waals surface area contributed by atoms with Crippen LogP contribution in [-0.4, -0.2) is 29.7 Å². The van der Waals surface area contributed by atoms with Gasteiger partial charge in [-0.1, -0.05) is 49.4 Å². The van der Waals surface area contributed by atoms with Gasteiger partial charge in [0.1, 0.15) is 17.2 Å². The molecule has 2 amide bonds. The molecular formula is C26H25N3O4. The number of carbonyl (C=O) groups excluding carboxylic acids is 2. The van der Waals surface area contributed by atoms with E-state index in [-0.39, 0.29) is 11.4 Å². The van der Waals surface area contributed by atoms with Crippen molar-refractivity contribution in [3.63, 3.8) is 0 Å². The van der Waals surface area contributed by atoms with Crippen molar-refractivity contribution in [3.8, 4) is 11.5 Å². The van der Waals surface area contributed by atoms with Crippen molar-refractivity contribution >= 4 is 24.1 Å². The molecule has 7 nitrogen and oxygen atoms in total. The van der Waals surface area contributed by atoms with Crippen molar-refractivity contribution in [1.29, 1.82) is 0 Å². The molecule has 0 atom stereocenters. The molecule has 33 heavy (non-hydrogen) atoms. The Bertz CT molecular complexity index is 1140. The van der Waals surface area contributed by atoms with Crippen LogP contribution in [0.25, 0.3) is 6.08 Å². The van der Waals surface area contributed by atoms with Gasteiger partial charge in [-0.2, -0.15) is 5.10 Å². The highest BCUT2D eigenvalue weighted by Crippen LogP contribution is 2.15. The quantitative estimate of drug-likeness (QED) is 0.263. The van der Waals surface area contributed by atoms with Gasteiger partial charge in [-0.3, -0.25) is 9.59 Å². The van der Waals surface area contributed by atoms with Crippen molar-refractivity contribution in [2.45, 2.75) is 13.3 Å². The van der Waals surface area contributed by atoms with Crippen molar-refractivity contribution in [1.82, 2.24) is 10.7 Å². The maximum Gasteiger partial charge on any atom is 0.287 e. The number of phenolic OH excluding ortho intramolecular Hbond substituents is 1. The van der Waals surface area contributed by atoms with Gasteiger partial charge >= 0.3 is 0 Å². The molecule has 3 aromatic rings. The summed E-state index contributed by atoms with van der Waals surface area (Å²) in [6, 6.07) is 22.4. The Kier molecular flexibility index (Phi) is 8.36. The van der Waals surface area contributed by atoms with E-state index < -0.39 is 11.8 Å². The van der Waals surface area contributed by atoms with E-state index in [9.17, 15) is 14.7 Å². The number of rotatable bonds is 9. The summed E-state index contributed by atoms with van der Waals surface area (Å²) in [6.45, 7) is 2.64. The first-order chi connectivity index (χ1) is 16.1. The molecule has 0 aliphatic rings. The molecule has 0 aliphatic heterocycles. The Labute approximate surface area is 192 Å². The third kappa shape index (κ3) is 7.07. The van der Waals surface area contributed by atoms with Crippen LogP contribution < -0.4 is 15.5 Å². The Balaban J connectivity index is 1.79. The second kappa shape index (κ2) is 11.9. The van der Waals surface area contributed by atoms with Crippen LogP contribution in [-0.2, 0) is 4.79 Å². The third-order valence-electron chi connectivity index (χ3n) is 4.50. The van der Waals surface area contributed by atoms with Crippen molar-refractivity contribution in [3.05, 3.63) is 101 Å². The zero-order chi connectivity index (χ0) is 23.5. The third-order valence-corrected chi connectivity index (χ3v) is 4.50. The summed E-state index contributed by atoms with van der Waals surface area (Å²) >= 11 is 0. The zero-order valence-electron chi connectivity index (χ0n) is 18.2. The summed E-state index contributed by atoms with van der Waals surface area (Å²) < 4.78 is 5.58. The van der Waals surface area contributed by atoms with Gasteiger partial charge in [0.2, 0.25) is 0 Å². The highest BCUT2D eigenvalue weighted by molar-refractivity contribution is 6.05. The lowest BCUT2D eigenvalue weighted by Crippen LogP contribution is -2.32. The minimum atomic E-state index is -0.614. The van der Waals surface area contributed by atoms with E-state index >= 15 is 0 Å². The van der Waals surface area contributed by atoms with Crippen LogP contribution in [0.2, 0.25) is 0 Å². The van der Waals surface area contributed by atoms with Gasteiger partial charge in [0, 0.05) is 11.1 Å². The van der Waals surface area contributed by atoms with Crippen LogP contribution in [0.1, 0.15) is 34.8 Å². The Morgan fingerprint density at radius 1 is 0.970 bits per heavy atom. The predicted molar refractivity (Wildman–Crippen MR) is 128 cm³/mol. The van der Waals surface area contributed by atoms with Gasteiger partial charge in [-0.15, -0.1) is 0 Å². The van der Waals surface area contributed by atoms with E-state index in [4.69, 9.17) is 4.74 Å². The lowest BCUT2D eigenvalue weighted by Gasteiger charge is -2.10. The van der Waals surface area contributed by atoms with E-state index in [1.807, 2.05) is 6.92 Å². The number of ether oxygens (including phenoxy) is 1. The summed E-state index contributed by atoms with van der Waals surface area (Å²) in [6.07, 6.45) is 3.78. The van der Waals surface area contributed by atoms with Crippen molar-refractivity contribution in [2.75, 3.05) is 6.61 Å². The van der Waals surface area contributed by atoms with E-state index in [0.29, 0.717) is 23.3 Å². The highest BCUT2D eigenvalue weighted by Gasteiger charge is 2.14. The largest absolute Gasteiger partial charge is 0.507 e. The predicted octanol–water partition coefficient (Wildman–Crippen LogP) is 4.10. The molecule has 3 N–H and O–H groups in total. The van der Waals surface area contributed by atoms with E-state index in [1.165, 1.54) is 12.3 Å². The van der Waals surface area contributed by atoms with E-state index in [1.54, 1.807) is 78.9 Å². The fraction of sp³-hybridized carbons (Fsp3) is 0.115. The van der Waals surface area contributed by atoms with Crippen LogP contribution in [0.4, 0.5) is 0 Å². The second-order valence-corrected chi connectivity index (χ2v) is 7.05. The maximum absolute atomic E-state index is 12.8. The van der Waals surface area contributed by atoms with E-state index in [2.05, 4.69) is 15.8 Å². The molecule has 0 saturated heterocycles. The minimum absolute atomic E-state index is 0.0144. The smallest absolute Gasteiger partial charge is 0.287 e. The van der Waals surface area contributed by atoms with Gasteiger partial charge in [0.15, 0.2) is 0 Å². The molecule has 0 radical (unpaired) electrons. The molecular weight excluding hydrogens is 418 g/mol. The van der Waals surface area contributed by atoms with Gasteiger partial charge in [-0.25, -0.2) is 5.43 Å². The number of carbonyl (C=O) groups is 2. The number of hydrogen-bond donors (Lipinski definition) is 3. The van der Waals surface area contributed by atoms with Gasteiger partial charge in [0.25, 0.3) is 11.8 Å². The summed E-state index contributed by atoms with van der Waals surface area (Å²) in [5.41, 5.74) is 3.96. The molecule has 7 heteroatoms. The highest BCUT2D eigenvalue weighted by atomic mass is 16.5. The summed E-state index contributed by atoms with van der Waals surface area (Å²) in [4.78, 5) is 25.4. The molecule has 0 unspecified atom stereocenters. The minimum Gasteiger partial charge on any atom is -0.507 e. The molecule has 0 aromatic heterocycles. The molecule has 0 fully saturated rings. The van der Waals surface area contributed by atoms with Crippen LogP contribution >= 0.6 is 0 Å². The molecule has 168 valence electrons. The molecule has 3 rings (SSSR count). The van der Waals surface area contributed by atoms with Crippen molar-refractivity contribution in [2.24, 2.45) is 5.10 Å². The number of para-hydroxylation sites is 1. The first-order valence-electron chi connectivity index (χ1n) is 10.5. The number of nitrogens with zero attached hydrogens (tertiary/aromatic N) is 1. The standard InChI is InChI=1S/C26H25N3O4/c1-2-16-33-22-14-12-19(13-15-22)17-23(28-25(31)20-8-4-3-5-9-20)26(32)29-27-18-21-10-6-7-11-24(21)30/h3-15,17-18,30H,2,16H2,1H3,(H,28,31)(H,29,32). The summed E-state index contributed by atoms with van der Waals surface area (Å²) in [5.74, 6) is -0.281. The van der Waals surface area contributed by atoms with E-state index in [0.717, 1.165) is 12.2 Å². The molecule has 3 aromatic carbocycles. The zero-order valence-corrected chi connectivity index (χ0v) is 18.2. The number of phenols is 1. The summed E-state index contributed by atoms with van der Waals surface area (Å²) in [5, 5.41) is 16.4. The molecule has 0 aliphatic carbocycles. The lowest BCUT2D eigenvalue weighted by molar-refractivity contribution is -0.117. The average molecular weight is 444 g/mol. The monoisotopic (exact) mass is 443 g/mol. The summed E-state index contributed by atoms with van der Waals surface area (Å²) in [7, 11) is 0. The van der Waals surface area contributed by atoms with Crippen molar-refractivity contribution < 1.29 is 19.4 Å². The topological polar surface area (TPSA) is 100 Å². The Morgan fingerprint density at radius 3 is 2.36 bits per heavy atom. The number of hydrazone groups is 1. The number of benzene rings is 3.